The Labute approximate surface area is 78.2 Å². The molecule has 1 aliphatic rings. The van der Waals surface area contributed by atoms with Crippen molar-refractivity contribution < 1.29 is 18.7 Å². The molecule has 0 spiro atoms. The first-order chi connectivity index (χ1) is 6.42. The van der Waals surface area contributed by atoms with E-state index in [1.807, 2.05) is 0 Å². The Hall–Kier alpha value is -1.46. The molecule has 1 heterocycles. The van der Waals surface area contributed by atoms with Gasteiger partial charge in [0, 0.05) is 19.7 Å². The number of carboxylic acids is 1. The van der Waals surface area contributed by atoms with Crippen LogP contribution in [0.1, 0.15) is 12.1 Å². The molecule has 1 aliphatic carbocycles. The second kappa shape index (κ2) is 2.31. The van der Waals surface area contributed by atoms with Crippen molar-refractivity contribution in [1.29, 1.82) is 0 Å². The maximum Gasteiger partial charge on any atom is 0.322 e. The molecule has 76 valence electrons. The van der Waals surface area contributed by atoms with Gasteiger partial charge in [-0.3, -0.25) is 4.79 Å². The number of aromatic nitrogens is 2. The summed E-state index contributed by atoms with van der Waals surface area (Å²) in [6.07, 6.45) is 1.85. The van der Waals surface area contributed by atoms with Crippen LogP contribution in [0, 0.1) is 0 Å². The number of carboxylic acid groups (broad SMARTS) is 1. The molecule has 1 atom stereocenters. The fourth-order valence-electron chi connectivity index (χ4n) is 1.68. The van der Waals surface area contributed by atoms with E-state index in [1.165, 1.54) is 24.1 Å². The highest BCUT2D eigenvalue weighted by Crippen LogP contribution is 2.61. The number of hydrogen-bond donors (Lipinski definition) is 1. The molecule has 14 heavy (non-hydrogen) atoms. The van der Waals surface area contributed by atoms with E-state index in [-0.39, 0.29) is 5.69 Å². The maximum absolute atomic E-state index is 13.0. The highest BCUT2D eigenvalue weighted by molar-refractivity contribution is 5.87. The summed E-state index contributed by atoms with van der Waals surface area (Å²) in [5.41, 5.74) is -2.01. The van der Waals surface area contributed by atoms with Gasteiger partial charge in [-0.2, -0.15) is 0 Å². The minimum atomic E-state index is -3.16. The van der Waals surface area contributed by atoms with Gasteiger partial charge in [-0.05, 0) is 0 Å². The van der Waals surface area contributed by atoms with E-state index in [1.54, 1.807) is 0 Å². The number of halogens is 2. The van der Waals surface area contributed by atoms with Gasteiger partial charge in [0.25, 0.3) is 5.92 Å². The van der Waals surface area contributed by atoms with Gasteiger partial charge in [0.05, 0.1) is 12.0 Å². The van der Waals surface area contributed by atoms with Crippen LogP contribution < -0.4 is 0 Å². The van der Waals surface area contributed by atoms with E-state index in [4.69, 9.17) is 5.11 Å². The summed E-state index contributed by atoms with van der Waals surface area (Å²) in [6, 6.07) is 0. The summed E-state index contributed by atoms with van der Waals surface area (Å²) in [6.45, 7) is 0. The van der Waals surface area contributed by atoms with Gasteiger partial charge in [-0.15, -0.1) is 0 Å². The van der Waals surface area contributed by atoms with Crippen LogP contribution in [0.3, 0.4) is 0 Å². The van der Waals surface area contributed by atoms with Crippen molar-refractivity contribution in [3.8, 4) is 0 Å². The molecule has 2 rings (SSSR count). The van der Waals surface area contributed by atoms with E-state index in [9.17, 15) is 13.6 Å². The van der Waals surface area contributed by atoms with Crippen molar-refractivity contribution in [3.63, 3.8) is 0 Å². The molecule has 0 amide bonds. The minimum absolute atomic E-state index is 0.0509. The van der Waals surface area contributed by atoms with Crippen LogP contribution in [0.2, 0.25) is 0 Å². The van der Waals surface area contributed by atoms with Crippen molar-refractivity contribution in [2.45, 2.75) is 17.8 Å². The van der Waals surface area contributed by atoms with E-state index < -0.39 is 23.7 Å². The molecule has 1 unspecified atom stereocenters. The fraction of sp³-hybridized carbons (Fsp3) is 0.500. The zero-order valence-electron chi connectivity index (χ0n) is 7.37. The fourth-order valence-corrected chi connectivity index (χ4v) is 1.68. The van der Waals surface area contributed by atoms with E-state index >= 15 is 0 Å². The minimum Gasteiger partial charge on any atom is -0.480 e. The molecule has 1 fully saturated rings. The van der Waals surface area contributed by atoms with Gasteiger partial charge >= 0.3 is 5.97 Å². The average molecular weight is 202 g/mol. The van der Waals surface area contributed by atoms with Crippen LogP contribution in [0.4, 0.5) is 8.78 Å². The lowest BCUT2D eigenvalue weighted by Crippen LogP contribution is -2.29. The molecule has 0 radical (unpaired) electrons. The third-order valence-electron chi connectivity index (χ3n) is 2.61. The summed E-state index contributed by atoms with van der Waals surface area (Å²) in [7, 11) is 1.50. The average Bonchev–Trinajstić information content (AvgIpc) is 2.44. The number of hydrogen-bond acceptors (Lipinski definition) is 2. The number of alkyl halides is 2. The Bertz CT molecular complexity index is 402. The first-order valence-corrected chi connectivity index (χ1v) is 4.00. The molecule has 1 N–H and O–H groups in total. The van der Waals surface area contributed by atoms with Crippen molar-refractivity contribution in [2.24, 2.45) is 7.05 Å². The standard InChI is InChI=1S/C8H8F2N2O2/c1-12-4-11-2-5(12)7(6(13)14)3-8(7,9)10/h2,4H,3H2,1H3,(H,13,14). The van der Waals surface area contributed by atoms with Crippen molar-refractivity contribution >= 4 is 5.97 Å². The molecule has 1 aromatic rings. The van der Waals surface area contributed by atoms with Crippen LogP contribution >= 0.6 is 0 Å². The van der Waals surface area contributed by atoms with Gasteiger partial charge in [-0.1, -0.05) is 0 Å². The highest BCUT2D eigenvalue weighted by atomic mass is 19.3. The predicted molar refractivity (Wildman–Crippen MR) is 42.1 cm³/mol. The molecule has 1 aromatic heterocycles. The van der Waals surface area contributed by atoms with Crippen LogP contribution in [0.5, 0.6) is 0 Å². The lowest BCUT2D eigenvalue weighted by Gasteiger charge is -2.11. The number of imidazole rings is 1. The molecule has 0 aliphatic heterocycles. The molecule has 6 heteroatoms. The molecular formula is C8H8F2N2O2. The lowest BCUT2D eigenvalue weighted by atomic mass is 10.0. The Balaban J connectivity index is 2.52. The Morgan fingerprint density at radius 2 is 2.29 bits per heavy atom. The summed E-state index contributed by atoms with van der Waals surface area (Å²) in [4.78, 5) is 14.5. The summed E-state index contributed by atoms with van der Waals surface area (Å²) in [5.74, 6) is -4.65. The molecule has 1 saturated carbocycles. The number of carbonyl (C=O) groups is 1. The Kier molecular flexibility index (Phi) is 1.51. The quantitative estimate of drug-likeness (QED) is 0.771. The third-order valence-corrected chi connectivity index (χ3v) is 2.61. The molecular weight excluding hydrogens is 194 g/mol. The molecule has 0 bridgehead atoms. The van der Waals surface area contributed by atoms with Crippen LogP contribution in [-0.2, 0) is 17.3 Å². The predicted octanol–water partition coefficient (Wildman–Crippen LogP) is 0.781. The van der Waals surface area contributed by atoms with Crippen molar-refractivity contribution in [2.75, 3.05) is 0 Å². The van der Waals surface area contributed by atoms with Gasteiger partial charge < -0.3 is 9.67 Å². The van der Waals surface area contributed by atoms with E-state index in [0.29, 0.717) is 0 Å². The Morgan fingerprint density at radius 3 is 2.57 bits per heavy atom. The lowest BCUT2D eigenvalue weighted by molar-refractivity contribution is -0.143. The van der Waals surface area contributed by atoms with Gasteiger partial charge in [0.15, 0.2) is 5.41 Å². The number of rotatable bonds is 2. The molecule has 4 nitrogen and oxygen atoms in total. The number of aryl methyl sites for hydroxylation is 1. The molecule has 0 saturated heterocycles. The zero-order chi connectivity index (χ0) is 10.6. The smallest absolute Gasteiger partial charge is 0.322 e. The first-order valence-electron chi connectivity index (χ1n) is 4.00. The highest BCUT2D eigenvalue weighted by Gasteiger charge is 2.78. The van der Waals surface area contributed by atoms with Crippen molar-refractivity contribution in [3.05, 3.63) is 18.2 Å². The normalized spacial score (nSPS) is 28.8. The van der Waals surface area contributed by atoms with Crippen LogP contribution in [-0.4, -0.2) is 26.5 Å². The van der Waals surface area contributed by atoms with Crippen LogP contribution in [0.25, 0.3) is 0 Å². The molecule has 0 aromatic carbocycles. The van der Waals surface area contributed by atoms with Crippen LogP contribution in [0.15, 0.2) is 12.5 Å². The summed E-state index contributed by atoms with van der Waals surface area (Å²) >= 11 is 0. The van der Waals surface area contributed by atoms with Gasteiger partial charge in [-0.25, -0.2) is 13.8 Å². The van der Waals surface area contributed by atoms with Gasteiger partial charge in [0.1, 0.15) is 0 Å². The largest absolute Gasteiger partial charge is 0.480 e. The monoisotopic (exact) mass is 202 g/mol. The van der Waals surface area contributed by atoms with E-state index in [2.05, 4.69) is 4.98 Å². The Morgan fingerprint density at radius 1 is 1.71 bits per heavy atom. The van der Waals surface area contributed by atoms with E-state index in [0.717, 1.165) is 0 Å². The van der Waals surface area contributed by atoms with Gasteiger partial charge in [0.2, 0.25) is 0 Å². The third kappa shape index (κ3) is 0.853. The number of nitrogens with zero attached hydrogens (tertiary/aromatic N) is 2. The summed E-state index contributed by atoms with van der Waals surface area (Å²) in [5, 5.41) is 8.81. The second-order valence-electron chi connectivity index (χ2n) is 3.48. The second-order valence-corrected chi connectivity index (χ2v) is 3.48. The first kappa shape index (κ1) is 9.11. The van der Waals surface area contributed by atoms with Crippen molar-refractivity contribution in [1.82, 2.24) is 9.55 Å². The maximum atomic E-state index is 13.0. The summed E-state index contributed by atoms with van der Waals surface area (Å²) < 4.78 is 27.4. The SMILES string of the molecule is Cn1cncc1C1(C(=O)O)CC1(F)F. The number of aliphatic carboxylic acids is 1. The zero-order valence-corrected chi connectivity index (χ0v) is 7.37. The topological polar surface area (TPSA) is 55.1 Å².